The molecule has 4 nitrogen and oxygen atoms in total. The fourth-order valence-corrected chi connectivity index (χ4v) is 6.41. The van der Waals surface area contributed by atoms with Gasteiger partial charge in [0.2, 0.25) is 0 Å². The van der Waals surface area contributed by atoms with Gasteiger partial charge >= 0.3 is 5.63 Å². The molecule has 0 aliphatic heterocycles. The van der Waals surface area contributed by atoms with Crippen molar-refractivity contribution in [1.82, 2.24) is 4.98 Å². The van der Waals surface area contributed by atoms with E-state index in [-0.39, 0.29) is 11.5 Å². The highest BCUT2D eigenvalue weighted by molar-refractivity contribution is 7.21. The van der Waals surface area contributed by atoms with Crippen LogP contribution in [0.3, 0.4) is 0 Å². The first-order valence-electron chi connectivity index (χ1n) is 14.1. The first kappa shape index (κ1) is 26.4. The number of hydrogen-bond acceptors (Lipinski definition) is 5. The normalized spacial score (nSPS) is 11.8. The van der Waals surface area contributed by atoms with E-state index < -0.39 is 0 Å². The number of aromatic nitrogens is 1. The lowest BCUT2D eigenvalue weighted by Crippen LogP contribution is -2.25. The molecule has 0 aliphatic carbocycles. The van der Waals surface area contributed by atoms with Crippen molar-refractivity contribution in [1.29, 1.82) is 0 Å². The van der Waals surface area contributed by atoms with Crippen LogP contribution in [-0.4, -0.2) is 18.1 Å². The van der Waals surface area contributed by atoms with E-state index in [4.69, 9.17) is 9.40 Å². The van der Waals surface area contributed by atoms with Gasteiger partial charge in [-0.05, 0) is 59.9 Å². The Hall–Kier alpha value is -3.18. The van der Waals surface area contributed by atoms with Gasteiger partial charge in [0.05, 0.1) is 10.2 Å². The molecule has 2 heterocycles. The third-order valence-electron chi connectivity index (χ3n) is 7.50. The second-order valence-corrected chi connectivity index (χ2v) is 11.6. The van der Waals surface area contributed by atoms with E-state index >= 15 is 0 Å². The number of anilines is 1. The van der Waals surface area contributed by atoms with Gasteiger partial charge in [0.25, 0.3) is 0 Å². The van der Waals surface area contributed by atoms with Gasteiger partial charge in [-0.1, -0.05) is 71.7 Å². The van der Waals surface area contributed by atoms with Crippen molar-refractivity contribution in [2.24, 2.45) is 0 Å². The molecule has 0 saturated heterocycles. The van der Waals surface area contributed by atoms with Gasteiger partial charge in [0, 0.05) is 35.6 Å². The molecule has 0 N–H and O–H groups in total. The van der Waals surface area contributed by atoms with E-state index in [2.05, 4.69) is 88.0 Å². The molecule has 198 valence electrons. The zero-order chi connectivity index (χ0) is 26.8. The summed E-state index contributed by atoms with van der Waals surface area (Å²) in [5, 5.41) is 4.05. The maximum atomic E-state index is 13.6. The zero-order valence-corrected chi connectivity index (χ0v) is 24.1. The van der Waals surface area contributed by atoms with E-state index in [9.17, 15) is 4.79 Å². The summed E-state index contributed by atoms with van der Waals surface area (Å²) in [5.41, 5.74) is 5.38. The van der Waals surface area contributed by atoms with E-state index in [1.807, 2.05) is 0 Å². The Morgan fingerprint density at radius 3 is 2.34 bits per heavy atom. The second kappa shape index (κ2) is 11.3. The minimum absolute atomic E-state index is 0.148. The monoisotopic (exact) mass is 526 g/mol. The van der Waals surface area contributed by atoms with Crippen LogP contribution in [0.2, 0.25) is 0 Å². The lowest BCUT2D eigenvalue weighted by atomic mass is 9.94. The van der Waals surface area contributed by atoms with Gasteiger partial charge < -0.3 is 9.32 Å². The van der Waals surface area contributed by atoms with Crippen molar-refractivity contribution in [3.05, 3.63) is 70.1 Å². The number of thiazole rings is 1. The van der Waals surface area contributed by atoms with Gasteiger partial charge in [0.1, 0.15) is 16.2 Å². The number of hydrogen-bond donors (Lipinski definition) is 0. The van der Waals surface area contributed by atoms with E-state index in [1.165, 1.54) is 10.9 Å². The van der Waals surface area contributed by atoms with Crippen molar-refractivity contribution < 1.29 is 4.42 Å². The Morgan fingerprint density at radius 2 is 1.66 bits per heavy atom. The van der Waals surface area contributed by atoms with Crippen molar-refractivity contribution in [2.75, 3.05) is 18.0 Å². The molecular weight excluding hydrogens is 488 g/mol. The molecule has 0 fully saturated rings. The molecule has 0 unspecified atom stereocenters. The molecule has 2 aromatic heterocycles. The largest absolute Gasteiger partial charge is 0.422 e. The summed E-state index contributed by atoms with van der Waals surface area (Å²) in [6.07, 6.45) is 5.61. The third kappa shape index (κ3) is 4.96. The lowest BCUT2D eigenvalue weighted by molar-refractivity contribution is 0.560. The summed E-state index contributed by atoms with van der Waals surface area (Å²) in [4.78, 5) is 21.1. The molecule has 0 spiro atoms. The molecule has 0 bridgehead atoms. The van der Waals surface area contributed by atoms with Gasteiger partial charge in [-0.2, -0.15) is 0 Å². The summed E-state index contributed by atoms with van der Waals surface area (Å²) in [7, 11) is 0. The molecule has 0 amide bonds. The standard InChI is InChI=1S/C33H38N2O2S/c1-6-9-17-35(18-10-7-2)24-13-15-26-27(20-24)37-33(36)30(29(26)21(4)5)32-34-31-25-14-11-22(8-3)19-23(25)12-16-28(31)38-32/h11-16,19-21H,6-10,17-18H2,1-5H3. The maximum absolute atomic E-state index is 13.6. The predicted octanol–water partition coefficient (Wildman–Crippen LogP) is 9.32. The average Bonchev–Trinajstić information content (AvgIpc) is 3.36. The fraction of sp³-hybridized carbons (Fsp3) is 0.394. The smallest absolute Gasteiger partial charge is 0.346 e. The van der Waals surface area contributed by atoms with Crippen LogP contribution in [0, 0.1) is 0 Å². The van der Waals surface area contributed by atoms with Gasteiger partial charge in [0.15, 0.2) is 0 Å². The molecular formula is C33H38N2O2S. The SMILES string of the molecule is CCCCN(CCCC)c1ccc2c(C(C)C)c(-c3nc4c(ccc5cc(CC)ccc54)s3)c(=O)oc2c1. The van der Waals surface area contributed by atoms with Crippen LogP contribution in [0.15, 0.2) is 57.7 Å². The molecule has 5 heteroatoms. The zero-order valence-electron chi connectivity index (χ0n) is 23.3. The Labute approximate surface area is 229 Å². The Balaban J connectivity index is 1.65. The van der Waals surface area contributed by atoms with Crippen LogP contribution in [0.5, 0.6) is 0 Å². The molecule has 0 radical (unpaired) electrons. The van der Waals surface area contributed by atoms with Crippen LogP contribution in [0.25, 0.3) is 42.5 Å². The highest BCUT2D eigenvalue weighted by atomic mass is 32.1. The Kier molecular flexibility index (Phi) is 7.85. The summed E-state index contributed by atoms with van der Waals surface area (Å²) in [6.45, 7) is 12.9. The quantitative estimate of drug-likeness (QED) is 0.170. The molecule has 0 saturated carbocycles. The molecule has 0 atom stereocenters. The summed E-state index contributed by atoms with van der Waals surface area (Å²) >= 11 is 1.58. The van der Waals surface area contributed by atoms with Gasteiger partial charge in [-0.25, -0.2) is 9.78 Å². The Morgan fingerprint density at radius 1 is 0.921 bits per heavy atom. The van der Waals surface area contributed by atoms with Crippen molar-refractivity contribution in [3.8, 4) is 10.6 Å². The van der Waals surface area contributed by atoms with Crippen molar-refractivity contribution in [3.63, 3.8) is 0 Å². The number of benzene rings is 3. The summed E-state index contributed by atoms with van der Waals surface area (Å²) < 4.78 is 7.12. The number of fused-ring (bicyclic) bond motifs is 4. The second-order valence-electron chi connectivity index (χ2n) is 10.5. The summed E-state index contributed by atoms with van der Waals surface area (Å²) in [5.74, 6) is 0.148. The maximum Gasteiger partial charge on any atom is 0.346 e. The molecule has 5 rings (SSSR count). The number of nitrogens with zero attached hydrogens (tertiary/aromatic N) is 2. The summed E-state index contributed by atoms with van der Waals surface area (Å²) in [6, 6.07) is 17.3. The van der Waals surface area contributed by atoms with E-state index in [1.54, 1.807) is 11.3 Å². The number of aryl methyl sites for hydroxylation is 1. The average molecular weight is 527 g/mol. The molecule has 5 aromatic rings. The van der Waals surface area contributed by atoms with Crippen molar-refractivity contribution >= 4 is 49.0 Å². The third-order valence-corrected chi connectivity index (χ3v) is 8.54. The number of rotatable bonds is 10. The topological polar surface area (TPSA) is 46.3 Å². The first-order chi connectivity index (χ1) is 18.4. The van der Waals surface area contributed by atoms with Crippen molar-refractivity contribution in [2.45, 2.75) is 72.6 Å². The highest BCUT2D eigenvalue weighted by Crippen LogP contribution is 2.39. The van der Waals surface area contributed by atoms with Crippen LogP contribution in [0.4, 0.5) is 5.69 Å². The predicted molar refractivity (Wildman–Crippen MR) is 164 cm³/mol. The lowest BCUT2D eigenvalue weighted by Gasteiger charge is -2.25. The van der Waals surface area contributed by atoms with E-state index in [0.717, 1.165) is 82.4 Å². The minimum Gasteiger partial charge on any atom is -0.422 e. The fourth-order valence-electron chi connectivity index (χ4n) is 5.38. The van der Waals surface area contributed by atoms with Crippen LogP contribution in [0.1, 0.15) is 77.3 Å². The minimum atomic E-state index is -0.302. The molecule has 0 aliphatic rings. The van der Waals surface area contributed by atoms with Crippen LogP contribution >= 0.6 is 11.3 Å². The highest BCUT2D eigenvalue weighted by Gasteiger charge is 2.23. The number of unbranched alkanes of at least 4 members (excludes halogenated alkanes) is 2. The Bertz CT molecular complexity index is 1640. The first-order valence-corrected chi connectivity index (χ1v) is 14.9. The van der Waals surface area contributed by atoms with Crippen LogP contribution < -0.4 is 10.5 Å². The molecule has 3 aromatic carbocycles. The van der Waals surface area contributed by atoms with E-state index in [0.29, 0.717) is 11.1 Å². The van der Waals surface area contributed by atoms with Gasteiger partial charge in [-0.15, -0.1) is 11.3 Å². The molecule has 38 heavy (non-hydrogen) atoms. The van der Waals surface area contributed by atoms with Crippen LogP contribution in [-0.2, 0) is 6.42 Å². The van der Waals surface area contributed by atoms with Gasteiger partial charge in [-0.3, -0.25) is 0 Å².